The highest BCUT2D eigenvalue weighted by molar-refractivity contribution is 7.80. The molecule has 0 saturated carbocycles. The fourth-order valence-electron chi connectivity index (χ4n) is 1.13. The van der Waals surface area contributed by atoms with Crippen LogP contribution in [0.25, 0.3) is 0 Å². The first-order valence-corrected chi connectivity index (χ1v) is 5.63. The van der Waals surface area contributed by atoms with Crippen molar-refractivity contribution in [2.45, 2.75) is 0 Å². The van der Waals surface area contributed by atoms with Crippen LogP contribution >= 0.6 is 12.2 Å². The van der Waals surface area contributed by atoms with E-state index < -0.39 is 0 Å². The zero-order valence-electron chi connectivity index (χ0n) is 10.0. The first kappa shape index (κ1) is 14.0. The summed E-state index contributed by atoms with van der Waals surface area (Å²) in [5.74, 6) is 0.757. The highest BCUT2D eigenvalue weighted by atomic mass is 32.1. The Labute approximate surface area is 111 Å². The molecule has 0 saturated heterocycles. The molecule has 0 unspecified atom stereocenters. The molecule has 0 aliphatic rings. The Kier molecular flexibility index (Phi) is 5.66. The summed E-state index contributed by atoms with van der Waals surface area (Å²) < 4.78 is 5.05. The van der Waals surface area contributed by atoms with Gasteiger partial charge in [-0.3, -0.25) is 5.43 Å². The van der Waals surface area contributed by atoms with Crippen molar-refractivity contribution in [3.8, 4) is 11.5 Å². The van der Waals surface area contributed by atoms with Crippen LogP contribution in [0.4, 0.5) is 0 Å². The van der Waals surface area contributed by atoms with E-state index in [4.69, 9.17) is 17.0 Å². The largest absolute Gasteiger partial charge is 0.507 e. The maximum absolute atomic E-state index is 9.60. The van der Waals surface area contributed by atoms with Crippen molar-refractivity contribution in [2.75, 3.05) is 13.7 Å². The number of nitrogens with one attached hydrogen (secondary N) is 2. The van der Waals surface area contributed by atoms with E-state index in [0.29, 0.717) is 23.0 Å². The van der Waals surface area contributed by atoms with E-state index in [1.54, 1.807) is 25.3 Å². The number of rotatable bonds is 5. The van der Waals surface area contributed by atoms with Gasteiger partial charge >= 0.3 is 0 Å². The average Bonchev–Trinajstić information content (AvgIpc) is 2.38. The maximum atomic E-state index is 9.60. The minimum absolute atomic E-state index is 0.117. The van der Waals surface area contributed by atoms with Crippen LogP contribution in [-0.2, 0) is 0 Å². The Morgan fingerprint density at radius 2 is 2.39 bits per heavy atom. The van der Waals surface area contributed by atoms with Crippen LogP contribution in [0, 0.1) is 0 Å². The summed E-state index contributed by atoms with van der Waals surface area (Å²) in [6.45, 7) is 4.12. The molecule has 5 nitrogen and oxygen atoms in total. The highest BCUT2D eigenvalue weighted by Gasteiger charge is 2.00. The molecule has 0 aliphatic carbocycles. The molecule has 6 heteroatoms. The number of benzene rings is 1. The van der Waals surface area contributed by atoms with Crippen LogP contribution in [0.15, 0.2) is 36.0 Å². The number of phenolic OH excluding ortho intramolecular Hbond substituents is 1. The third-order valence-corrected chi connectivity index (χ3v) is 2.25. The van der Waals surface area contributed by atoms with Crippen molar-refractivity contribution in [3.63, 3.8) is 0 Å². The second-order valence-corrected chi connectivity index (χ2v) is 3.70. The van der Waals surface area contributed by atoms with Gasteiger partial charge < -0.3 is 15.2 Å². The number of hydrogen-bond acceptors (Lipinski definition) is 4. The van der Waals surface area contributed by atoms with Gasteiger partial charge in [0.1, 0.15) is 11.5 Å². The summed E-state index contributed by atoms with van der Waals surface area (Å²) >= 11 is 4.95. The number of phenols is 1. The molecule has 0 bridgehead atoms. The van der Waals surface area contributed by atoms with Crippen molar-refractivity contribution < 1.29 is 9.84 Å². The maximum Gasteiger partial charge on any atom is 0.187 e. The van der Waals surface area contributed by atoms with Gasteiger partial charge in [0.05, 0.1) is 13.3 Å². The lowest BCUT2D eigenvalue weighted by molar-refractivity contribution is 0.412. The van der Waals surface area contributed by atoms with E-state index in [1.807, 2.05) is 0 Å². The van der Waals surface area contributed by atoms with Crippen molar-refractivity contribution in [2.24, 2.45) is 5.10 Å². The van der Waals surface area contributed by atoms with Gasteiger partial charge in [-0.25, -0.2) is 0 Å². The quantitative estimate of drug-likeness (QED) is 0.325. The molecule has 0 fully saturated rings. The van der Waals surface area contributed by atoms with Gasteiger partial charge in [0.25, 0.3) is 0 Å². The molecule has 0 atom stereocenters. The molecule has 0 aromatic heterocycles. The van der Waals surface area contributed by atoms with Crippen LogP contribution in [0.5, 0.6) is 11.5 Å². The molecule has 96 valence electrons. The fraction of sp³-hybridized carbons (Fsp3) is 0.167. The monoisotopic (exact) mass is 265 g/mol. The molecule has 18 heavy (non-hydrogen) atoms. The fourth-order valence-corrected chi connectivity index (χ4v) is 1.26. The Hall–Kier alpha value is -2.08. The van der Waals surface area contributed by atoms with Gasteiger partial charge in [0, 0.05) is 12.1 Å². The summed E-state index contributed by atoms with van der Waals surface area (Å²) in [7, 11) is 1.56. The Morgan fingerprint density at radius 3 is 3.06 bits per heavy atom. The third kappa shape index (κ3) is 4.42. The number of thiocarbonyl (C=S) groups is 1. The van der Waals surface area contributed by atoms with Gasteiger partial charge in [-0.2, -0.15) is 5.10 Å². The lowest BCUT2D eigenvalue weighted by Gasteiger charge is -2.05. The molecule has 1 aromatic rings. The van der Waals surface area contributed by atoms with E-state index in [9.17, 15) is 5.11 Å². The Balaban J connectivity index is 2.61. The second kappa shape index (κ2) is 7.29. The molecule has 3 N–H and O–H groups in total. The van der Waals surface area contributed by atoms with Gasteiger partial charge in [-0.05, 0) is 30.4 Å². The Morgan fingerprint density at radius 1 is 1.61 bits per heavy atom. The average molecular weight is 265 g/mol. The van der Waals surface area contributed by atoms with Gasteiger partial charge in [0.15, 0.2) is 5.11 Å². The molecular weight excluding hydrogens is 250 g/mol. The lowest BCUT2D eigenvalue weighted by Crippen LogP contribution is -2.31. The zero-order valence-corrected chi connectivity index (χ0v) is 10.8. The molecule has 1 aromatic carbocycles. The highest BCUT2D eigenvalue weighted by Crippen LogP contribution is 2.20. The van der Waals surface area contributed by atoms with Crippen molar-refractivity contribution in [1.29, 1.82) is 0 Å². The third-order valence-electron chi connectivity index (χ3n) is 2.01. The number of hydrazone groups is 1. The summed E-state index contributed by atoms with van der Waals surface area (Å²) in [6.07, 6.45) is 3.14. The minimum Gasteiger partial charge on any atom is -0.507 e. The van der Waals surface area contributed by atoms with E-state index >= 15 is 0 Å². The SMILES string of the molecule is C=CCNC(=S)N/N=C/c1cc(OC)ccc1O. The number of nitrogens with zero attached hydrogens (tertiary/aromatic N) is 1. The van der Waals surface area contributed by atoms with Gasteiger partial charge in [-0.1, -0.05) is 6.08 Å². The van der Waals surface area contributed by atoms with Crippen LogP contribution in [0.1, 0.15) is 5.56 Å². The lowest BCUT2D eigenvalue weighted by atomic mass is 10.2. The minimum atomic E-state index is 0.117. The normalized spacial score (nSPS) is 10.1. The number of ether oxygens (including phenoxy) is 1. The van der Waals surface area contributed by atoms with Crippen molar-refractivity contribution in [3.05, 3.63) is 36.4 Å². The molecule has 0 spiro atoms. The summed E-state index contributed by atoms with van der Waals surface area (Å²) in [5.41, 5.74) is 3.16. The molecule has 0 heterocycles. The first-order chi connectivity index (χ1) is 8.67. The second-order valence-electron chi connectivity index (χ2n) is 3.29. The van der Waals surface area contributed by atoms with Crippen molar-refractivity contribution in [1.82, 2.24) is 10.7 Å². The topological polar surface area (TPSA) is 65.9 Å². The molecule has 0 aliphatic heterocycles. The number of aromatic hydroxyl groups is 1. The number of hydrogen-bond donors (Lipinski definition) is 3. The smallest absolute Gasteiger partial charge is 0.187 e. The van der Waals surface area contributed by atoms with E-state index in [1.165, 1.54) is 12.3 Å². The Bertz CT molecular complexity index is 461. The van der Waals surface area contributed by atoms with Crippen LogP contribution in [0.3, 0.4) is 0 Å². The first-order valence-electron chi connectivity index (χ1n) is 5.22. The zero-order chi connectivity index (χ0) is 13.4. The standard InChI is InChI=1S/C12H15N3O2S/c1-3-6-13-12(18)15-14-8-9-7-10(17-2)4-5-11(9)16/h3-5,7-8,16H,1,6H2,2H3,(H2,13,15,18)/b14-8+. The van der Waals surface area contributed by atoms with Crippen LogP contribution < -0.4 is 15.5 Å². The van der Waals surface area contributed by atoms with E-state index in [-0.39, 0.29) is 5.75 Å². The summed E-state index contributed by atoms with van der Waals surface area (Å²) in [5, 5.41) is 16.7. The van der Waals surface area contributed by atoms with Gasteiger partial charge in [-0.15, -0.1) is 6.58 Å². The summed E-state index contributed by atoms with van der Waals surface area (Å²) in [4.78, 5) is 0. The van der Waals surface area contributed by atoms with E-state index in [2.05, 4.69) is 22.4 Å². The molecule has 0 radical (unpaired) electrons. The number of methoxy groups -OCH3 is 1. The van der Waals surface area contributed by atoms with Crippen molar-refractivity contribution >= 4 is 23.5 Å². The molecule has 0 amide bonds. The van der Waals surface area contributed by atoms with E-state index in [0.717, 1.165) is 0 Å². The van der Waals surface area contributed by atoms with Crippen LogP contribution in [0.2, 0.25) is 0 Å². The molecule has 1 rings (SSSR count). The predicted molar refractivity (Wildman–Crippen MR) is 76.2 cm³/mol. The van der Waals surface area contributed by atoms with Crippen LogP contribution in [-0.4, -0.2) is 30.1 Å². The molecular formula is C12H15N3O2S. The summed E-state index contributed by atoms with van der Waals surface area (Å²) in [6, 6.07) is 4.87. The van der Waals surface area contributed by atoms with Gasteiger partial charge in [0.2, 0.25) is 0 Å². The predicted octanol–water partition coefficient (Wildman–Crippen LogP) is 1.38.